The molecule has 0 bridgehead atoms. The molecule has 0 aromatic heterocycles. The number of ether oxygens (including phenoxy) is 6. The van der Waals surface area contributed by atoms with Crippen LogP contribution in [0.5, 0.6) is 17.2 Å². The van der Waals surface area contributed by atoms with E-state index in [1.807, 2.05) is 43.3 Å². The number of alkyl halides is 3. The van der Waals surface area contributed by atoms with Crippen molar-refractivity contribution in [2.45, 2.75) is 109 Å². The smallest absolute Gasteiger partial charge is 0.311 e. The highest BCUT2D eigenvalue weighted by atomic mass is 79.9. The lowest BCUT2D eigenvalue weighted by atomic mass is 9.84. The minimum absolute atomic E-state index is 0.206. The van der Waals surface area contributed by atoms with Gasteiger partial charge in [-0.3, -0.25) is 28.8 Å². The van der Waals surface area contributed by atoms with Crippen molar-refractivity contribution in [3.05, 3.63) is 89.5 Å². The van der Waals surface area contributed by atoms with Gasteiger partial charge in [-0.05, 0) is 120 Å². The molecule has 0 aliphatic heterocycles. The molecule has 0 saturated carbocycles. The highest BCUT2D eigenvalue weighted by Crippen LogP contribution is 2.41. The first-order chi connectivity index (χ1) is 29.3. The maximum Gasteiger partial charge on any atom is 0.311 e. The van der Waals surface area contributed by atoms with Crippen molar-refractivity contribution in [1.82, 2.24) is 0 Å². The van der Waals surface area contributed by atoms with Gasteiger partial charge in [0.25, 0.3) is 0 Å². The van der Waals surface area contributed by atoms with Crippen LogP contribution in [0.4, 0.5) is 0 Å². The fourth-order valence-electron chi connectivity index (χ4n) is 6.35. The third-order valence-electron chi connectivity index (χ3n) is 10.5. The van der Waals surface area contributed by atoms with Gasteiger partial charge in [0, 0.05) is 35.3 Å². The topological polar surface area (TPSA) is 158 Å². The zero-order valence-corrected chi connectivity index (χ0v) is 42.4. The Hall–Kier alpha value is -4.08. The molecule has 3 aromatic rings. The third kappa shape index (κ3) is 16.8. The van der Waals surface area contributed by atoms with Crippen LogP contribution < -0.4 is 14.2 Å². The zero-order chi connectivity index (χ0) is 47.3. The van der Waals surface area contributed by atoms with Gasteiger partial charge in [-0.2, -0.15) is 0 Å². The van der Waals surface area contributed by atoms with Crippen molar-refractivity contribution in [3.8, 4) is 17.2 Å². The Bertz CT molecular complexity index is 1810. The fraction of sp³-hybridized carbons (Fsp3) is 0.500. The highest BCUT2D eigenvalue weighted by Gasteiger charge is 2.41. The summed E-state index contributed by atoms with van der Waals surface area (Å²) in [6.45, 7) is 15.9. The maximum atomic E-state index is 13.8. The summed E-state index contributed by atoms with van der Waals surface area (Å²) >= 11 is 11.1. The predicted octanol–water partition coefficient (Wildman–Crippen LogP) is 11.4. The number of carbonyl (C=O) groups excluding carboxylic acids is 6. The molecule has 3 unspecified atom stereocenters. The molecule has 3 rings (SSSR count). The maximum absolute atomic E-state index is 13.8. The minimum Gasteiger partial charge on any atom is -0.464 e. The Kier molecular flexibility index (Phi) is 19.6. The molecule has 0 amide bonds. The van der Waals surface area contributed by atoms with E-state index < -0.39 is 57.5 Å². The van der Waals surface area contributed by atoms with Crippen LogP contribution in [-0.2, 0) is 43.0 Å². The number of benzene rings is 3. The molecule has 3 atom stereocenters. The lowest BCUT2D eigenvalue weighted by Crippen LogP contribution is -2.43. The summed E-state index contributed by atoms with van der Waals surface area (Å²) in [5.41, 5.74) is -1.45. The van der Waals surface area contributed by atoms with Crippen LogP contribution in [0.1, 0.15) is 126 Å². The van der Waals surface area contributed by atoms with Crippen LogP contribution >= 0.6 is 47.8 Å². The van der Waals surface area contributed by atoms with E-state index in [1.165, 1.54) is 20.8 Å². The first-order valence-electron chi connectivity index (χ1n) is 20.6. The van der Waals surface area contributed by atoms with Crippen LogP contribution in [0.2, 0.25) is 0 Å². The second-order valence-electron chi connectivity index (χ2n) is 17.7. The highest BCUT2D eigenvalue weighted by molar-refractivity contribution is 9.09. The largest absolute Gasteiger partial charge is 0.464 e. The number of esters is 6. The van der Waals surface area contributed by atoms with Crippen molar-refractivity contribution in [2.75, 3.05) is 19.8 Å². The van der Waals surface area contributed by atoms with Gasteiger partial charge in [-0.1, -0.05) is 91.1 Å². The summed E-state index contributed by atoms with van der Waals surface area (Å²) in [6, 6.07) is 21.0. The normalized spacial score (nSPS) is 14.2. The van der Waals surface area contributed by atoms with Crippen molar-refractivity contribution in [3.63, 3.8) is 0 Å². The Balaban J connectivity index is 1.79. The Morgan fingerprint density at radius 1 is 0.444 bits per heavy atom. The van der Waals surface area contributed by atoms with Crippen LogP contribution in [0.3, 0.4) is 0 Å². The standard InChI is InChI=1S/C48H59Br3O12/c1-11-48(27-58-42(55)45(5,6)24-39(49)33-12-18-36(19-13-33)61-30(2)52,28-59-43(56)46(7,8)25-40(50)34-14-20-37(21-15-34)62-31(3)53)29-60-44(57)47(9,10)26-41(51)35-16-22-38(23-17-35)63-32(4)54/h12-23,39-41H,11,24-29H2,1-10H3. The van der Waals surface area contributed by atoms with E-state index in [-0.39, 0.29) is 34.3 Å². The first-order valence-corrected chi connectivity index (χ1v) is 23.3. The number of rotatable bonds is 22. The first kappa shape index (κ1) is 53.3. The van der Waals surface area contributed by atoms with Crippen LogP contribution in [-0.4, -0.2) is 55.6 Å². The number of carbonyl (C=O) groups is 6. The molecule has 0 heterocycles. The molecule has 15 heteroatoms. The molecule has 0 spiro atoms. The average molecular weight is 1070 g/mol. The summed E-state index contributed by atoms with van der Waals surface area (Å²) in [5, 5.41) is 0. The lowest BCUT2D eigenvalue weighted by molar-refractivity contribution is -0.174. The van der Waals surface area contributed by atoms with E-state index in [0.717, 1.165) is 16.7 Å². The van der Waals surface area contributed by atoms with Crippen molar-refractivity contribution in [1.29, 1.82) is 0 Å². The predicted molar refractivity (Wildman–Crippen MR) is 249 cm³/mol. The van der Waals surface area contributed by atoms with Gasteiger partial charge >= 0.3 is 35.8 Å². The Morgan fingerprint density at radius 3 is 0.857 bits per heavy atom. The molecule has 344 valence electrons. The second kappa shape index (κ2) is 23.2. The number of hydrogen-bond donors (Lipinski definition) is 0. The van der Waals surface area contributed by atoms with Crippen molar-refractivity contribution in [2.24, 2.45) is 21.7 Å². The SMILES string of the molecule is CCC(COC(=O)C(C)(C)CC(Br)c1ccc(OC(C)=O)cc1)(COC(=O)C(C)(C)CC(Br)c1ccc(OC(C)=O)cc1)COC(=O)C(C)(C)CC(Br)c1ccc(OC(C)=O)cc1. The summed E-state index contributed by atoms with van der Waals surface area (Å²) in [7, 11) is 0. The van der Waals surface area contributed by atoms with E-state index in [1.54, 1.807) is 77.9 Å². The molecule has 0 saturated heterocycles. The van der Waals surface area contributed by atoms with Gasteiger partial charge in [-0.15, -0.1) is 0 Å². The number of hydrogen-bond acceptors (Lipinski definition) is 12. The van der Waals surface area contributed by atoms with Crippen LogP contribution in [0, 0.1) is 21.7 Å². The number of halogens is 3. The van der Waals surface area contributed by atoms with Gasteiger partial charge < -0.3 is 28.4 Å². The quantitative estimate of drug-likeness (QED) is 0.0406. The van der Waals surface area contributed by atoms with Gasteiger partial charge in [0.1, 0.15) is 37.1 Å². The molecular formula is C48H59Br3O12. The summed E-state index contributed by atoms with van der Waals surface area (Å²) in [6.07, 6.45) is 1.38. The van der Waals surface area contributed by atoms with Gasteiger partial charge in [0.2, 0.25) is 0 Å². The van der Waals surface area contributed by atoms with Gasteiger partial charge in [-0.25, -0.2) is 0 Å². The summed E-state index contributed by atoms with van der Waals surface area (Å²) < 4.78 is 33.5. The molecule has 0 aliphatic rings. The molecule has 12 nitrogen and oxygen atoms in total. The minimum atomic E-state index is -1.11. The van der Waals surface area contributed by atoms with E-state index in [2.05, 4.69) is 47.8 Å². The van der Waals surface area contributed by atoms with E-state index in [9.17, 15) is 28.8 Å². The summed E-state index contributed by atoms with van der Waals surface area (Å²) in [4.78, 5) is 74.9. The second-order valence-corrected chi connectivity index (χ2v) is 21.1. The molecule has 0 radical (unpaired) electrons. The molecule has 0 aliphatic carbocycles. The van der Waals surface area contributed by atoms with Gasteiger partial charge in [0.15, 0.2) is 0 Å². The molecule has 0 fully saturated rings. The monoisotopic (exact) mass is 1060 g/mol. The fourth-order valence-corrected chi connectivity index (χ4v) is 9.70. The molecule has 63 heavy (non-hydrogen) atoms. The van der Waals surface area contributed by atoms with E-state index in [4.69, 9.17) is 28.4 Å². The molecular weight excluding hydrogens is 1010 g/mol. The lowest BCUT2D eigenvalue weighted by Gasteiger charge is -2.35. The molecule has 0 N–H and O–H groups in total. The van der Waals surface area contributed by atoms with Crippen molar-refractivity contribution < 1.29 is 57.2 Å². The summed E-state index contributed by atoms with van der Waals surface area (Å²) in [5.74, 6) is -1.54. The average Bonchev–Trinajstić information content (AvgIpc) is 3.19. The van der Waals surface area contributed by atoms with E-state index in [0.29, 0.717) is 42.9 Å². The van der Waals surface area contributed by atoms with E-state index >= 15 is 0 Å². The molecule has 3 aromatic carbocycles. The Morgan fingerprint density at radius 2 is 0.667 bits per heavy atom. The van der Waals surface area contributed by atoms with Crippen LogP contribution in [0.15, 0.2) is 72.8 Å². The van der Waals surface area contributed by atoms with Crippen LogP contribution in [0.25, 0.3) is 0 Å². The zero-order valence-electron chi connectivity index (χ0n) is 37.6. The third-order valence-corrected chi connectivity index (χ3v) is 13.1. The van der Waals surface area contributed by atoms with Gasteiger partial charge in [0.05, 0.1) is 21.7 Å². The van der Waals surface area contributed by atoms with Crippen molar-refractivity contribution >= 4 is 83.6 Å². The Labute approximate surface area is 396 Å².